The van der Waals surface area contributed by atoms with Gasteiger partial charge in [0.1, 0.15) is 0 Å². The molecule has 3 heterocycles. The molecule has 3 fully saturated rings. The molecule has 2 saturated heterocycles. The van der Waals surface area contributed by atoms with E-state index in [9.17, 15) is 14.7 Å². The smallest absolute Gasteiger partial charge is 0.254 e. The molecule has 0 aromatic heterocycles. The molecule has 1 N–H and O–H groups in total. The summed E-state index contributed by atoms with van der Waals surface area (Å²) in [6.45, 7) is 1.03. The molecule has 2 amide bonds. The van der Waals surface area contributed by atoms with Gasteiger partial charge in [0.2, 0.25) is 12.7 Å². The molecule has 1 aliphatic carbocycles. The molecule has 2 aromatic carbocycles. The average molecular weight is 449 g/mol. The van der Waals surface area contributed by atoms with Crippen LogP contribution in [-0.4, -0.2) is 64.8 Å². The van der Waals surface area contributed by atoms with Crippen LogP contribution >= 0.6 is 0 Å². The molecule has 7 heteroatoms. The van der Waals surface area contributed by atoms with E-state index >= 15 is 0 Å². The summed E-state index contributed by atoms with van der Waals surface area (Å²) in [6.07, 6.45) is 3.99. The van der Waals surface area contributed by atoms with E-state index in [1.165, 1.54) is 0 Å². The van der Waals surface area contributed by atoms with E-state index in [0.717, 1.165) is 31.2 Å². The van der Waals surface area contributed by atoms with Crippen molar-refractivity contribution in [2.75, 3.05) is 26.5 Å². The Kier molecular flexibility index (Phi) is 4.83. The molecule has 6 rings (SSSR count). The third kappa shape index (κ3) is 3.05. The number of carbonyl (C=O) groups is 2. The number of ether oxygens (including phenoxy) is 2. The van der Waals surface area contributed by atoms with Gasteiger partial charge in [-0.05, 0) is 36.6 Å². The number of likely N-dealkylation sites (tertiary alicyclic amines) is 2. The number of nitrogens with zero attached hydrogens (tertiary/aromatic N) is 2. The molecule has 172 valence electrons. The van der Waals surface area contributed by atoms with Crippen molar-refractivity contribution in [3.8, 4) is 11.5 Å². The summed E-state index contributed by atoms with van der Waals surface area (Å²) in [5.74, 6) is 1.34. The number of carbonyl (C=O) groups excluding carboxylic acids is 2. The SMILES string of the molecule is O=C(c1ccc2c(c1)OCO2)N1CC2(C1)[C@@H](c1ccccc1)[C@H](CO)N2C(=O)C1CCCC1. The van der Waals surface area contributed by atoms with Crippen LogP contribution in [0.5, 0.6) is 11.5 Å². The third-order valence-corrected chi connectivity index (χ3v) is 7.90. The molecule has 2 aromatic rings. The lowest BCUT2D eigenvalue weighted by Gasteiger charge is -2.70. The van der Waals surface area contributed by atoms with Crippen LogP contribution in [0.2, 0.25) is 0 Å². The molecule has 1 spiro atoms. The van der Waals surface area contributed by atoms with Gasteiger partial charge in [0.15, 0.2) is 11.5 Å². The van der Waals surface area contributed by atoms with Crippen LogP contribution in [0.3, 0.4) is 0 Å². The number of benzene rings is 2. The predicted molar refractivity (Wildman–Crippen MR) is 120 cm³/mol. The van der Waals surface area contributed by atoms with Crippen molar-refractivity contribution in [3.63, 3.8) is 0 Å². The molecule has 2 atom stereocenters. The Bertz CT molecular complexity index is 1080. The topological polar surface area (TPSA) is 79.3 Å². The Labute approximate surface area is 192 Å². The van der Waals surface area contributed by atoms with Crippen molar-refractivity contribution in [1.82, 2.24) is 9.80 Å². The number of aliphatic hydroxyl groups excluding tert-OH is 1. The summed E-state index contributed by atoms with van der Waals surface area (Å²) in [6, 6.07) is 15.1. The minimum absolute atomic E-state index is 0.00913. The predicted octanol–water partition coefficient (Wildman–Crippen LogP) is 2.79. The highest BCUT2D eigenvalue weighted by Gasteiger charge is 2.68. The monoisotopic (exact) mass is 448 g/mol. The Morgan fingerprint density at radius 2 is 1.73 bits per heavy atom. The van der Waals surface area contributed by atoms with Crippen molar-refractivity contribution in [1.29, 1.82) is 0 Å². The quantitative estimate of drug-likeness (QED) is 0.778. The van der Waals surface area contributed by atoms with E-state index in [2.05, 4.69) is 12.1 Å². The van der Waals surface area contributed by atoms with Crippen molar-refractivity contribution in [3.05, 3.63) is 59.7 Å². The third-order valence-electron chi connectivity index (χ3n) is 7.90. The number of hydrogen-bond acceptors (Lipinski definition) is 5. The molecule has 1 saturated carbocycles. The van der Waals surface area contributed by atoms with E-state index in [0.29, 0.717) is 30.2 Å². The molecule has 4 aliphatic rings. The molecular formula is C26H28N2O5. The van der Waals surface area contributed by atoms with E-state index in [4.69, 9.17) is 9.47 Å². The maximum atomic E-state index is 13.5. The van der Waals surface area contributed by atoms with Gasteiger partial charge >= 0.3 is 0 Å². The van der Waals surface area contributed by atoms with E-state index in [1.54, 1.807) is 23.1 Å². The minimum atomic E-state index is -0.458. The standard InChI is InChI=1S/C26H28N2O5/c29-13-20-23(17-6-2-1-3-7-17)26(28(20)25(31)18-8-4-5-9-18)14-27(15-26)24(30)19-10-11-21-22(12-19)33-16-32-21/h1-3,6-7,10-12,18,20,23,29H,4-5,8-9,13-16H2/t20-,23-/m0/s1. The van der Waals surface area contributed by atoms with E-state index < -0.39 is 5.54 Å². The van der Waals surface area contributed by atoms with Crippen LogP contribution in [-0.2, 0) is 4.79 Å². The Hall–Kier alpha value is -3.06. The van der Waals surface area contributed by atoms with Gasteiger partial charge < -0.3 is 24.4 Å². The highest BCUT2D eigenvalue weighted by atomic mass is 16.7. The molecule has 7 nitrogen and oxygen atoms in total. The van der Waals surface area contributed by atoms with Gasteiger partial charge in [-0.2, -0.15) is 0 Å². The van der Waals surface area contributed by atoms with Gasteiger partial charge in [0.25, 0.3) is 5.91 Å². The largest absolute Gasteiger partial charge is 0.454 e. The first-order valence-corrected chi connectivity index (χ1v) is 11.8. The highest BCUT2D eigenvalue weighted by molar-refractivity contribution is 5.96. The molecule has 0 radical (unpaired) electrons. The highest BCUT2D eigenvalue weighted by Crippen LogP contribution is 2.55. The zero-order chi connectivity index (χ0) is 22.6. The summed E-state index contributed by atoms with van der Waals surface area (Å²) in [5.41, 5.74) is 1.21. The number of amides is 2. The summed E-state index contributed by atoms with van der Waals surface area (Å²) < 4.78 is 10.8. The normalized spacial score (nSPS) is 25.1. The summed E-state index contributed by atoms with van der Waals surface area (Å²) >= 11 is 0. The van der Waals surface area contributed by atoms with Gasteiger partial charge in [-0.3, -0.25) is 9.59 Å². The van der Waals surface area contributed by atoms with Crippen molar-refractivity contribution in [2.24, 2.45) is 5.92 Å². The summed E-state index contributed by atoms with van der Waals surface area (Å²) in [4.78, 5) is 30.5. The van der Waals surface area contributed by atoms with Gasteiger partial charge in [-0.25, -0.2) is 0 Å². The molecule has 0 bridgehead atoms. The van der Waals surface area contributed by atoms with Crippen molar-refractivity contribution >= 4 is 11.8 Å². The lowest BCUT2D eigenvalue weighted by Crippen LogP contribution is -2.86. The van der Waals surface area contributed by atoms with Crippen LogP contribution in [0, 0.1) is 5.92 Å². The van der Waals surface area contributed by atoms with Crippen LogP contribution in [0.15, 0.2) is 48.5 Å². The lowest BCUT2D eigenvalue weighted by atomic mass is 9.60. The second-order valence-corrected chi connectivity index (χ2v) is 9.66. The Morgan fingerprint density at radius 3 is 2.45 bits per heavy atom. The van der Waals surface area contributed by atoms with Gasteiger partial charge in [0, 0.05) is 30.5 Å². The first-order valence-electron chi connectivity index (χ1n) is 11.8. The van der Waals surface area contributed by atoms with Gasteiger partial charge in [-0.1, -0.05) is 43.2 Å². The van der Waals surface area contributed by atoms with Gasteiger partial charge in [-0.15, -0.1) is 0 Å². The molecular weight excluding hydrogens is 420 g/mol. The average Bonchev–Trinajstić information content (AvgIpc) is 3.50. The number of hydrogen-bond donors (Lipinski definition) is 1. The van der Waals surface area contributed by atoms with E-state index in [-0.39, 0.29) is 43.1 Å². The minimum Gasteiger partial charge on any atom is -0.454 e. The van der Waals surface area contributed by atoms with Gasteiger partial charge in [0.05, 0.1) is 18.2 Å². The molecule has 33 heavy (non-hydrogen) atoms. The fourth-order valence-electron chi connectivity index (χ4n) is 6.36. The second-order valence-electron chi connectivity index (χ2n) is 9.66. The summed E-state index contributed by atoms with van der Waals surface area (Å²) in [7, 11) is 0. The maximum Gasteiger partial charge on any atom is 0.254 e. The van der Waals surface area contributed by atoms with Crippen LogP contribution in [0.4, 0.5) is 0 Å². The molecule has 0 unspecified atom stereocenters. The molecule has 3 aliphatic heterocycles. The Balaban J connectivity index is 1.28. The van der Waals surface area contributed by atoms with Crippen molar-refractivity contribution < 1.29 is 24.2 Å². The zero-order valence-corrected chi connectivity index (χ0v) is 18.5. The summed E-state index contributed by atoms with van der Waals surface area (Å²) in [5, 5.41) is 10.3. The first-order chi connectivity index (χ1) is 16.1. The number of aliphatic hydroxyl groups is 1. The fourth-order valence-corrected chi connectivity index (χ4v) is 6.36. The fraction of sp³-hybridized carbons (Fsp3) is 0.462. The lowest BCUT2D eigenvalue weighted by molar-refractivity contribution is -0.197. The number of fused-ring (bicyclic) bond motifs is 1. The van der Waals surface area contributed by atoms with Crippen LogP contribution in [0.25, 0.3) is 0 Å². The van der Waals surface area contributed by atoms with Crippen molar-refractivity contribution in [2.45, 2.75) is 43.2 Å². The second kappa shape index (κ2) is 7.76. The van der Waals surface area contributed by atoms with E-state index in [1.807, 2.05) is 23.1 Å². The Morgan fingerprint density at radius 1 is 1.00 bits per heavy atom. The van der Waals surface area contributed by atoms with Crippen LogP contribution in [0.1, 0.15) is 47.5 Å². The number of rotatable bonds is 4. The maximum absolute atomic E-state index is 13.5. The first kappa shape index (κ1) is 20.5. The van der Waals surface area contributed by atoms with Crippen LogP contribution < -0.4 is 9.47 Å². The zero-order valence-electron chi connectivity index (χ0n) is 18.5.